The maximum absolute atomic E-state index is 14.4. The molecule has 118 valence electrons. The molecule has 1 aliphatic heterocycles. The zero-order valence-corrected chi connectivity index (χ0v) is 14.3. The average Bonchev–Trinajstić information content (AvgIpc) is 2.61. The number of benzene rings is 1. The summed E-state index contributed by atoms with van der Waals surface area (Å²) < 4.78 is 28.9. The molecule has 2 rings (SSSR count). The normalized spacial score (nSPS) is 23.0. The first-order valence-corrected chi connectivity index (χ1v) is 7.94. The molecule has 2 unspecified atom stereocenters. The van der Waals surface area contributed by atoms with Crippen molar-refractivity contribution in [3.8, 4) is 0 Å². The predicted molar refractivity (Wildman–Crippen MR) is 84.4 cm³/mol. The van der Waals surface area contributed by atoms with Gasteiger partial charge in [-0.3, -0.25) is 0 Å². The Morgan fingerprint density at radius 3 is 2.67 bits per heavy atom. The van der Waals surface area contributed by atoms with Crippen LogP contribution in [0.5, 0.6) is 0 Å². The molecule has 1 saturated heterocycles. The Hall–Kier alpha value is -0.560. The fourth-order valence-corrected chi connectivity index (χ4v) is 3.37. The molecule has 1 N–H and O–H groups in total. The smallest absolute Gasteiger partial charge is 0.145 e. The van der Waals surface area contributed by atoms with Gasteiger partial charge in [-0.25, -0.2) is 8.78 Å². The molecule has 0 amide bonds. The summed E-state index contributed by atoms with van der Waals surface area (Å²) in [5.41, 5.74) is 0.110. The first-order valence-electron chi connectivity index (χ1n) is 7.15. The van der Waals surface area contributed by atoms with Crippen molar-refractivity contribution in [2.45, 2.75) is 18.5 Å². The van der Waals surface area contributed by atoms with E-state index < -0.39 is 17.7 Å². The van der Waals surface area contributed by atoms with Gasteiger partial charge in [0.25, 0.3) is 0 Å². The number of nitrogens with zero attached hydrogens (tertiary/aromatic N) is 2. The number of nitrogens with one attached hydrogen (secondary N) is 1. The molecular weight excluding hydrogens is 340 g/mol. The van der Waals surface area contributed by atoms with Crippen LogP contribution in [0.1, 0.15) is 18.0 Å². The molecule has 2 atom stereocenters. The van der Waals surface area contributed by atoms with Crippen molar-refractivity contribution < 1.29 is 8.78 Å². The van der Waals surface area contributed by atoms with E-state index in [1.807, 2.05) is 14.1 Å². The summed E-state index contributed by atoms with van der Waals surface area (Å²) in [5, 5.41) is 3.11. The highest BCUT2D eigenvalue weighted by Gasteiger charge is 2.32. The molecule has 3 nitrogen and oxygen atoms in total. The largest absolute Gasteiger partial charge is 0.311 e. The number of halogens is 3. The third-order valence-electron chi connectivity index (χ3n) is 4.20. The lowest BCUT2D eigenvalue weighted by molar-refractivity contribution is 0.178. The van der Waals surface area contributed by atoms with Gasteiger partial charge in [-0.2, -0.15) is 0 Å². The van der Waals surface area contributed by atoms with Crippen LogP contribution in [0.2, 0.25) is 0 Å². The highest BCUT2D eigenvalue weighted by molar-refractivity contribution is 9.10. The Balaban J connectivity index is 2.41. The molecule has 1 fully saturated rings. The van der Waals surface area contributed by atoms with E-state index in [0.717, 1.165) is 26.1 Å². The van der Waals surface area contributed by atoms with Crippen LogP contribution >= 0.6 is 15.9 Å². The number of hydrogen-bond donors (Lipinski definition) is 1. The number of hydrogen-bond acceptors (Lipinski definition) is 3. The van der Waals surface area contributed by atoms with E-state index in [1.165, 1.54) is 12.1 Å². The monoisotopic (exact) mass is 361 g/mol. The fraction of sp³-hybridized carbons (Fsp3) is 0.600. The maximum Gasteiger partial charge on any atom is 0.145 e. The minimum Gasteiger partial charge on any atom is -0.311 e. The standard InChI is InChI=1S/C15H22BrF2N3/c1-19-15(12-9-20(2)7-4-8-21(12)3)13-11(17)6-5-10(16)14(13)18/h5-6,12,15,19H,4,7-9H2,1-3H3. The molecule has 21 heavy (non-hydrogen) atoms. The minimum absolute atomic E-state index is 0.0146. The van der Waals surface area contributed by atoms with Gasteiger partial charge in [-0.05, 0) is 68.7 Å². The summed E-state index contributed by atoms with van der Waals surface area (Å²) in [4.78, 5) is 4.40. The molecule has 0 bridgehead atoms. The predicted octanol–water partition coefficient (Wildman–Crippen LogP) is 2.62. The van der Waals surface area contributed by atoms with Crippen LogP contribution in [-0.4, -0.2) is 56.6 Å². The van der Waals surface area contributed by atoms with Crippen molar-refractivity contribution in [2.75, 3.05) is 40.8 Å². The molecule has 0 aromatic heterocycles. The van der Waals surface area contributed by atoms with Gasteiger partial charge in [0, 0.05) is 18.2 Å². The summed E-state index contributed by atoms with van der Waals surface area (Å²) in [5.74, 6) is -1.02. The highest BCUT2D eigenvalue weighted by Crippen LogP contribution is 2.30. The van der Waals surface area contributed by atoms with Gasteiger partial charge >= 0.3 is 0 Å². The van der Waals surface area contributed by atoms with Crippen LogP contribution in [0.25, 0.3) is 0 Å². The summed E-state index contributed by atoms with van der Waals surface area (Å²) in [7, 11) is 5.82. The zero-order valence-electron chi connectivity index (χ0n) is 12.7. The molecule has 1 aromatic carbocycles. The highest BCUT2D eigenvalue weighted by atomic mass is 79.9. The lowest BCUT2D eigenvalue weighted by atomic mass is 9.97. The molecule has 0 saturated carbocycles. The Labute approximate surface area is 133 Å². The van der Waals surface area contributed by atoms with Gasteiger partial charge in [-0.15, -0.1) is 0 Å². The van der Waals surface area contributed by atoms with Crippen molar-refractivity contribution in [2.24, 2.45) is 0 Å². The van der Waals surface area contributed by atoms with Crippen LogP contribution in [0.3, 0.4) is 0 Å². The van der Waals surface area contributed by atoms with Gasteiger partial charge in [0.15, 0.2) is 0 Å². The van der Waals surface area contributed by atoms with E-state index in [9.17, 15) is 8.78 Å². The molecule has 0 aliphatic carbocycles. The Bertz CT molecular complexity index is 498. The quantitative estimate of drug-likeness (QED) is 0.834. The van der Waals surface area contributed by atoms with Gasteiger partial charge < -0.3 is 15.1 Å². The summed E-state index contributed by atoms with van der Waals surface area (Å²) in [6.07, 6.45) is 1.06. The maximum atomic E-state index is 14.4. The average molecular weight is 362 g/mol. The fourth-order valence-electron chi connectivity index (χ4n) is 3.02. The zero-order chi connectivity index (χ0) is 15.6. The van der Waals surface area contributed by atoms with Gasteiger partial charge in [0.1, 0.15) is 11.6 Å². The topological polar surface area (TPSA) is 18.5 Å². The first kappa shape index (κ1) is 16.8. The van der Waals surface area contributed by atoms with E-state index >= 15 is 0 Å². The SMILES string of the molecule is CNC(c1c(F)ccc(Br)c1F)C1CN(C)CCCN1C. The Morgan fingerprint density at radius 1 is 1.29 bits per heavy atom. The Kier molecular flexibility index (Phi) is 5.71. The number of likely N-dealkylation sites (N-methyl/N-ethyl adjacent to an activating group) is 3. The molecule has 1 aliphatic rings. The third-order valence-corrected chi connectivity index (χ3v) is 4.81. The molecule has 1 aromatic rings. The van der Waals surface area contributed by atoms with Gasteiger partial charge in [-0.1, -0.05) is 0 Å². The van der Waals surface area contributed by atoms with E-state index in [1.54, 1.807) is 7.05 Å². The Morgan fingerprint density at radius 2 is 2.00 bits per heavy atom. The van der Waals surface area contributed by atoms with Crippen molar-refractivity contribution in [3.63, 3.8) is 0 Å². The lowest BCUT2D eigenvalue weighted by Crippen LogP contribution is -2.46. The molecule has 0 radical (unpaired) electrons. The van der Waals surface area contributed by atoms with E-state index in [2.05, 4.69) is 31.0 Å². The lowest BCUT2D eigenvalue weighted by Gasteiger charge is -2.35. The van der Waals surface area contributed by atoms with Crippen LogP contribution in [-0.2, 0) is 0 Å². The van der Waals surface area contributed by atoms with E-state index in [0.29, 0.717) is 4.47 Å². The second kappa shape index (κ2) is 7.13. The molecule has 0 spiro atoms. The third kappa shape index (κ3) is 3.62. The van der Waals surface area contributed by atoms with Crippen LogP contribution in [0.4, 0.5) is 8.78 Å². The summed E-state index contributed by atoms with van der Waals surface area (Å²) in [6.45, 7) is 2.69. The van der Waals surface area contributed by atoms with E-state index in [-0.39, 0.29) is 11.6 Å². The second-order valence-corrected chi connectivity index (χ2v) is 6.54. The first-order chi connectivity index (χ1) is 9.95. The van der Waals surface area contributed by atoms with E-state index in [4.69, 9.17) is 0 Å². The van der Waals surface area contributed by atoms with Gasteiger partial charge in [0.2, 0.25) is 0 Å². The van der Waals surface area contributed by atoms with Crippen molar-refractivity contribution in [1.29, 1.82) is 0 Å². The van der Waals surface area contributed by atoms with Crippen molar-refractivity contribution in [1.82, 2.24) is 15.1 Å². The van der Waals surface area contributed by atoms with Crippen LogP contribution < -0.4 is 5.32 Å². The summed E-state index contributed by atoms with van der Waals surface area (Å²) in [6, 6.07) is 2.34. The summed E-state index contributed by atoms with van der Waals surface area (Å²) >= 11 is 3.15. The van der Waals surface area contributed by atoms with Crippen LogP contribution in [0.15, 0.2) is 16.6 Å². The van der Waals surface area contributed by atoms with Crippen LogP contribution in [0, 0.1) is 11.6 Å². The molecule has 1 heterocycles. The second-order valence-electron chi connectivity index (χ2n) is 5.69. The van der Waals surface area contributed by atoms with Crippen molar-refractivity contribution >= 4 is 15.9 Å². The molecule has 6 heteroatoms. The molecular formula is C15H22BrF2N3. The number of rotatable bonds is 3. The minimum atomic E-state index is -0.519. The van der Waals surface area contributed by atoms with Gasteiger partial charge in [0.05, 0.1) is 10.5 Å². The van der Waals surface area contributed by atoms with Crippen molar-refractivity contribution in [3.05, 3.63) is 33.8 Å².